The standard InChI is InChI=1S/C28H26FN7O3/c1-17-10-22(18-6-4-3-5-7-18)24(34(17)2)25(37)27(38)33-20-11-23-26(30-14-20)36-9-8-35(15-21(36)16-39-23)28-31-12-19(29)13-32-28/h3-7,10-14,21H,8-9,15-16H2,1-2H3,(H,33,38). The first-order valence-electron chi connectivity index (χ1n) is 12.6. The van der Waals surface area contributed by atoms with Crippen LogP contribution < -0.4 is 19.9 Å². The number of pyridine rings is 1. The molecule has 1 amide bonds. The van der Waals surface area contributed by atoms with E-state index in [2.05, 4.69) is 25.2 Å². The Morgan fingerprint density at radius 2 is 1.82 bits per heavy atom. The molecule has 2 aliphatic heterocycles. The Labute approximate surface area is 224 Å². The van der Waals surface area contributed by atoms with Crippen molar-refractivity contribution in [3.63, 3.8) is 0 Å². The van der Waals surface area contributed by atoms with Crippen LogP contribution in [0.25, 0.3) is 11.1 Å². The summed E-state index contributed by atoms with van der Waals surface area (Å²) in [5, 5.41) is 2.69. The summed E-state index contributed by atoms with van der Waals surface area (Å²) in [5.41, 5.74) is 3.13. The lowest BCUT2D eigenvalue weighted by molar-refractivity contribution is -0.112. The number of anilines is 3. The molecule has 39 heavy (non-hydrogen) atoms. The second kappa shape index (κ2) is 9.82. The Bertz CT molecular complexity index is 1560. The summed E-state index contributed by atoms with van der Waals surface area (Å²) in [6, 6.07) is 13.1. The lowest BCUT2D eigenvalue weighted by Crippen LogP contribution is -2.58. The van der Waals surface area contributed by atoms with E-state index < -0.39 is 17.5 Å². The number of Topliss-reactive ketones (excluding diaryl/α,β-unsaturated/α-hetero) is 1. The number of benzene rings is 1. The minimum absolute atomic E-state index is 0.00594. The van der Waals surface area contributed by atoms with Gasteiger partial charge in [0.1, 0.15) is 12.3 Å². The first-order valence-corrected chi connectivity index (χ1v) is 12.6. The van der Waals surface area contributed by atoms with E-state index >= 15 is 0 Å². The second-order valence-corrected chi connectivity index (χ2v) is 9.61. The number of nitrogens with one attached hydrogen (secondary N) is 1. The van der Waals surface area contributed by atoms with Crippen LogP contribution in [0.3, 0.4) is 0 Å². The number of halogens is 1. The fourth-order valence-corrected chi connectivity index (χ4v) is 5.08. The van der Waals surface area contributed by atoms with Crippen LogP contribution in [0.4, 0.5) is 21.8 Å². The van der Waals surface area contributed by atoms with E-state index in [1.165, 1.54) is 6.20 Å². The topological polar surface area (TPSA) is 105 Å². The van der Waals surface area contributed by atoms with Gasteiger partial charge in [0, 0.05) is 44.0 Å². The molecule has 4 aromatic rings. The maximum absolute atomic E-state index is 13.3. The van der Waals surface area contributed by atoms with Crippen LogP contribution in [0, 0.1) is 12.7 Å². The molecule has 0 radical (unpaired) electrons. The van der Waals surface area contributed by atoms with Gasteiger partial charge in [0.25, 0.3) is 11.7 Å². The van der Waals surface area contributed by atoms with E-state index in [1.807, 2.05) is 48.2 Å². The molecule has 1 saturated heterocycles. The number of fused-ring (bicyclic) bond motifs is 3. The molecule has 1 aromatic carbocycles. The first-order chi connectivity index (χ1) is 18.9. The van der Waals surface area contributed by atoms with E-state index in [9.17, 15) is 14.0 Å². The maximum Gasteiger partial charge on any atom is 0.298 e. The molecule has 1 fully saturated rings. The molecule has 0 spiro atoms. The molecular formula is C28H26FN7O3. The zero-order chi connectivity index (χ0) is 27.1. The number of hydrogen-bond acceptors (Lipinski definition) is 8. The summed E-state index contributed by atoms with van der Waals surface area (Å²) >= 11 is 0. The van der Waals surface area contributed by atoms with Crippen molar-refractivity contribution in [2.75, 3.05) is 41.4 Å². The number of nitrogens with zero attached hydrogens (tertiary/aromatic N) is 6. The quantitative estimate of drug-likeness (QED) is 0.312. The number of aryl methyl sites for hydroxylation is 1. The van der Waals surface area contributed by atoms with Gasteiger partial charge in [-0.05, 0) is 18.6 Å². The van der Waals surface area contributed by atoms with Gasteiger partial charge in [-0.3, -0.25) is 9.59 Å². The van der Waals surface area contributed by atoms with Gasteiger partial charge in [0.05, 0.1) is 30.3 Å². The average Bonchev–Trinajstić information content (AvgIpc) is 3.26. The van der Waals surface area contributed by atoms with Gasteiger partial charge in [-0.25, -0.2) is 19.3 Å². The Hall–Kier alpha value is -4.80. The molecule has 2 aliphatic rings. The zero-order valence-electron chi connectivity index (χ0n) is 21.5. The highest BCUT2D eigenvalue weighted by Crippen LogP contribution is 2.36. The van der Waals surface area contributed by atoms with Gasteiger partial charge in [-0.15, -0.1) is 0 Å². The highest BCUT2D eigenvalue weighted by atomic mass is 19.1. The maximum atomic E-state index is 13.3. The highest BCUT2D eigenvalue weighted by Gasteiger charge is 2.35. The first kappa shape index (κ1) is 24.5. The minimum Gasteiger partial charge on any atom is -0.487 e. The molecule has 1 N–H and O–H groups in total. The van der Waals surface area contributed by atoms with Crippen molar-refractivity contribution in [3.05, 3.63) is 78.3 Å². The van der Waals surface area contributed by atoms with Crippen LogP contribution in [0.5, 0.6) is 5.75 Å². The number of rotatable bonds is 5. The zero-order valence-corrected chi connectivity index (χ0v) is 21.5. The molecule has 0 bridgehead atoms. The van der Waals surface area contributed by atoms with E-state index in [0.717, 1.165) is 23.7 Å². The fraction of sp³-hybridized carbons (Fsp3) is 0.250. The van der Waals surface area contributed by atoms with Gasteiger partial charge in [-0.1, -0.05) is 30.3 Å². The van der Waals surface area contributed by atoms with Crippen molar-refractivity contribution in [3.8, 4) is 16.9 Å². The smallest absolute Gasteiger partial charge is 0.298 e. The van der Waals surface area contributed by atoms with Crippen LogP contribution in [0.1, 0.15) is 16.2 Å². The lowest BCUT2D eigenvalue weighted by atomic mass is 10.0. The fourth-order valence-electron chi connectivity index (χ4n) is 5.08. The van der Waals surface area contributed by atoms with Gasteiger partial charge < -0.3 is 24.4 Å². The van der Waals surface area contributed by atoms with Crippen molar-refractivity contribution >= 4 is 29.1 Å². The number of carbonyl (C=O) groups excluding carboxylic acids is 2. The number of aromatic nitrogens is 4. The van der Waals surface area contributed by atoms with Crippen molar-refractivity contribution in [1.82, 2.24) is 19.5 Å². The highest BCUT2D eigenvalue weighted by molar-refractivity contribution is 6.47. The molecule has 11 heteroatoms. The van der Waals surface area contributed by atoms with Crippen LogP contribution in [-0.2, 0) is 11.8 Å². The Kier molecular flexibility index (Phi) is 6.18. The van der Waals surface area contributed by atoms with Crippen molar-refractivity contribution in [2.45, 2.75) is 13.0 Å². The molecule has 1 atom stereocenters. The van der Waals surface area contributed by atoms with Gasteiger partial charge in [0.15, 0.2) is 17.4 Å². The minimum atomic E-state index is -0.753. The Morgan fingerprint density at radius 1 is 1.05 bits per heavy atom. The van der Waals surface area contributed by atoms with Crippen LogP contribution in [-0.4, -0.2) is 63.5 Å². The number of piperazine rings is 1. The second-order valence-electron chi connectivity index (χ2n) is 9.61. The molecule has 6 rings (SSSR count). The summed E-state index contributed by atoms with van der Waals surface area (Å²) in [4.78, 5) is 43.2. The van der Waals surface area contributed by atoms with Crippen molar-refractivity contribution in [2.24, 2.45) is 7.05 Å². The van der Waals surface area contributed by atoms with Gasteiger partial charge in [-0.2, -0.15) is 0 Å². The van der Waals surface area contributed by atoms with Crippen LogP contribution >= 0.6 is 0 Å². The SMILES string of the molecule is Cc1cc(-c2ccccc2)c(C(=O)C(=O)Nc2cnc3c(c2)OCC2CN(c4ncc(F)cn4)CCN32)n1C. The summed E-state index contributed by atoms with van der Waals surface area (Å²) in [6.07, 6.45) is 3.84. The molecule has 0 aliphatic carbocycles. The van der Waals surface area contributed by atoms with Crippen LogP contribution in [0.15, 0.2) is 61.1 Å². The van der Waals surface area contributed by atoms with E-state index in [-0.39, 0.29) is 6.04 Å². The molecule has 1 unspecified atom stereocenters. The van der Waals surface area contributed by atoms with Crippen LogP contribution in [0.2, 0.25) is 0 Å². The third-order valence-corrected chi connectivity index (χ3v) is 7.15. The van der Waals surface area contributed by atoms with E-state index in [4.69, 9.17) is 4.74 Å². The average molecular weight is 528 g/mol. The predicted molar refractivity (Wildman–Crippen MR) is 144 cm³/mol. The lowest BCUT2D eigenvalue weighted by Gasteiger charge is -2.44. The molecule has 10 nitrogen and oxygen atoms in total. The molecule has 3 aromatic heterocycles. The number of carbonyl (C=O) groups is 2. The monoisotopic (exact) mass is 527 g/mol. The van der Waals surface area contributed by atoms with E-state index in [0.29, 0.717) is 60.7 Å². The number of amides is 1. The summed E-state index contributed by atoms with van der Waals surface area (Å²) in [7, 11) is 1.77. The van der Waals surface area contributed by atoms with Crippen molar-refractivity contribution < 1.29 is 18.7 Å². The molecule has 198 valence electrons. The van der Waals surface area contributed by atoms with Crippen molar-refractivity contribution in [1.29, 1.82) is 0 Å². The van der Waals surface area contributed by atoms with Gasteiger partial charge in [0.2, 0.25) is 5.95 Å². The molecule has 5 heterocycles. The van der Waals surface area contributed by atoms with E-state index in [1.54, 1.807) is 17.7 Å². The number of hydrogen-bond donors (Lipinski definition) is 1. The molecule has 0 saturated carbocycles. The van der Waals surface area contributed by atoms with Gasteiger partial charge >= 0.3 is 0 Å². The Balaban J connectivity index is 1.18. The third-order valence-electron chi connectivity index (χ3n) is 7.15. The largest absolute Gasteiger partial charge is 0.487 e. The summed E-state index contributed by atoms with van der Waals surface area (Å²) in [5.74, 6) is -0.195. The normalized spacial score (nSPS) is 16.2. The Morgan fingerprint density at radius 3 is 2.59 bits per heavy atom. The number of ether oxygens (including phenoxy) is 1. The summed E-state index contributed by atoms with van der Waals surface area (Å²) in [6.45, 7) is 4.17. The summed E-state index contributed by atoms with van der Waals surface area (Å²) < 4.78 is 20.9. The number of ketones is 1. The predicted octanol–water partition coefficient (Wildman–Crippen LogP) is 3.23. The molecular weight excluding hydrogens is 501 g/mol. The third kappa shape index (κ3) is 4.56.